The van der Waals surface area contributed by atoms with Gasteiger partial charge in [-0.25, -0.2) is 9.59 Å². The number of esters is 2. The molecule has 0 aliphatic heterocycles. The zero-order valence-electron chi connectivity index (χ0n) is 16.2. The maximum Gasteiger partial charge on any atom is 0.380 e. The quantitative estimate of drug-likeness (QED) is 0.345. The molecule has 0 saturated carbocycles. The monoisotopic (exact) mass is 398 g/mol. The Hall–Kier alpha value is -3.32. The lowest BCUT2D eigenvalue weighted by atomic mass is 10.1. The van der Waals surface area contributed by atoms with Crippen LogP contribution in [0.15, 0.2) is 60.7 Å². The van der Waals surface area contributed by atoms with Crippen molar-refractivity contribution < 1.29 is 33.4 Å². The molecule has 7 nitrogen and oxygen atoms in total. The van der Waals surface area contributed by atoms with Crippen molar-refractivity contribution in [2.45, 2.75) is 26.1 Å². The van der Waals surface area contributed by atoms with Gasteiger partial charge in [0.15, 0.2) is 0 Å². The molecule has 152 valence electrons. The Bertz CT molecular complexity index is 846. The van der Waals surface area contributed by atoms with Crippen LogP contribution in [0.1, 0.15) is 34.6 Å². The lowest BCUT2D eigenvalue weighted by Gasteiger charge is -2.17. The molecule has 0 aromatic heterocycles. The summed E-state index contributed by atoms with van der Waals surface area (Å²) in [5.41, 5.74) is 0.490. The Morgan fingerprint density at radius 1 is 0.690 bits per heavy atom. The van der Waals surface area contributed by atoms with Crippen LogP contribution in [0.3, 0.4) is 0 Å². The largest absolute Gasteiger partial charge is 0.457 e. The third kappa shape index (κ3) is 6.97. The first kappa shape index (κ1) is 22.0. The van der Waals surface area contributed by atoms with Crippen molar-refractivity contribution in [3.63, 3.8) is 0 Å². The number of benzene rings is 2. The molecule has 0 heterocycles. The normalized spacial score (nSPS) is 12.5. The van der Waals surface area contributed by atoms with Crippen LogP contribution in [0.25, 0.3) is 0 Å². The summed E-state index contributed by atoms with van der Waals surface area (Å²) in [5.74, 6) is -3.42. The van der Waals surface area contributed by atoms with E-state index >= 15 is 0 Å². The molecule has 0 aliphatic rings. The van der Waals surface area contributed by atoms with Crippen molar-refractivity contribution in [2.24, 2.45) is 0 Å². The van der Waals surface area contributed by atoms with Gasteiger partial charge in [-0.15, -0.1) is 0 Å². The first-order valence-electron chi connectivity index (χ1n) is 9.07. The summed E-state index contributed by atoms with van der Waals surface area (Å²) in [7, 11) is 0. The maximum absolute atomic E-state index is 12.0. The number of rotatable bonds is 10. The van der Waals surface area contributed by atoms with Gasteiger partial charge >= 0.3 is 11.9 Å². The molecule has 0 saturated heterocycles. The molecule has 2 aromatic carbocycles. The average molecular weight is 398 g/mol. The van der Waals surface area contributed by atoms with Gasteiger partial charge in [0.25, 0.3) is 11.6 Å². The summed E-state index contributed by atoms with van der Waals surface area (Å²) in [6, 6.07) is 16.2. The highest BCUT2D eigenvalue weighted by molar-refractivity contribution is 6.41. The molecular weight excluding hydrogens is 376 g/mol. The van der Waals surface area contributed by atoms with Crippen molar-refractivity contribution >= 4 is 23.5 Å². The van der Waals surface area contributed by atoms with Crippen LogP contribution in [0, 0.1) is 0 Å². The third-order valence-electron chi connectivity index (χ3n) is 3.82. The Balaban J connectivity index is 1.71. The number of ether oxygens (including phenoxy) is 3. The summed E-state index contributed by atoms with van der Waals surface area (Å²) in [6.07, 6.45) is -1.22. The van der Waals surface area contributed by atoms with Crippen LogP contribution in [-0.4, -0.2) is 48.9 Å². The third-order valence-corrected chi connectivity index (χ3v) is 3.82. The van der Waals surface area contributed by atoms with E-state index < -0.39 is 35.7 Å². The fourth-order valence-corrected chi connectivity index (χ4v) is 2.29. The molecule has 0 spiro atoms. The summed E-state index contributed by atoms with van der Waals surface area (Å²) in [5, 5.41) is 0. The first-order chi connectivity index (χ1) is 13.9. The molecule has 2 atom stereocenters. The number of ketones is 2. The molecule has 0 amide bonds. The summed E-state index contributed by atoms with van der Waals surface area (Å²) < 4.78 is 15.5. The van der Waals surface area contributed by atoms with E-state index in [-0.39, 0.29) is 24.3 Å². The second-order valence-electron chi connectivity index (χ2n) is 6.35. The fourth-order valence-electron chi connectivity index (χ4n) is 2.29. The highest BCUT2D eigenvalue weighted by atomic mass is 16.6. The van der Waals surface area contributed by atoms with Gasteiger partial charge in [-0.3, -0.25) is 9.59 Å². The molecular formula is C22H22O7. The highest BCUT2D eigenvalue weighted by Crippen LogP contribution is 2.05. The minimum atomic E-state index is -0.973. The van der Waals surface area contributed by atoms with Crippen molar-refractivity contribution in [1.29, 1.82) is 0 Å². The van der Waals surface area contributed by atoms with Crippen molar-refractivity contribution in [3.05, 3.63) is 71.8 Å². The van der Waals surface area contributed by atoms with Crippen LogP contribution in [0.4, 0.5) is 0 Å². The van der Waals surface area contributed by atoms with Crippen LogP contribution in [0.5, 0.6) is 0 Å². The summed E-state index contributed by atoms with van der Waals surface area (Å²) in [4.78, 5) is 47.6. The summed E-state index contributed by atoms with van der Waals surface area (Å²) >= 11 is 0. The minimum Gasteiger partial charge on any atom is -0.457 e. The standard InChI is InChI=1S/C22H22O7/c1-15(13-28-21(25)19(23)17-9-5-3-6-10-17)27-14-16(2)29-22(26)20(24)18-11-7-4-8-12-18/h3-12,15-16H,13-14H2,1-2H3. The number of carbonyl (C=O) groups excluding carboxylic acids is 4. The predicted octanol–water partition coefficient (Wildman–Crippen LogP) is 2.63. The van der Waals surface area contributed by atoms with E-state index in [1.807, 2.05) is 0 Å². The van der Waals surface area contributed by atoms with E-state index in [0.717, 1.165) is 0 Å². The van der Waals surface area contributed by atoms with Crippen molar-refractivity contribution in [3.8, 4) is 0 Å². The lowest BCUT2D eigenvalue weighted by Crippen LogP contribution is -2.29. The zero-order chi connectivity index (χ0) is 21.2. The molecule has 2 unspecified atom stereocenters. The Labute approximate surface area is 168 Å². The van der Waals surface area contributed by atoms with Gasteiger partial charge in [-0.1, -0.05) is 60.7 Å². The maximum atomic E-state index is 12.0. The van der Waals surface area contributed by atoms with Crippen LogP contribution in [0.2, 0.25) is 0 Å². The predicted molar refractivity (Wildman–Crippen MR) is 103 cm³/mol. The average Bonchev–Trinajstić information content (AvgIpc) is 2.76. The van der Waals surface area contributed by atoms with Gasteiger partial charge < -0.3 is 14.2 Å². The van der Waals surface area contributed by atoms with Crippen molar-refractivity contribution in [2.75, 3.05) is 13.2 Å². The smallest absolute Gasteiger partial charge is 0.380 e. The van der Waals surface area contributed by atoms with Gasteiger partial charge in [0.1, 0.15) is 12.7 Å². The van der Waals surface area contributed by atoms with Crippen molar-refractivity contribution in [1.82, 2.24) is 0 Å². The molecule has 2 aromatic rings. The van der Waals surface area contributed by atoms with Gasteiger partial charge in [0.05, 0.1) is 12.7 Å². The summed E-state index contributed by atoms with van der Waals surface area (Å²) in [6.45, 7) is 3.08. The topological polar surface area (TPSA) is 96.0 Å². The molecule has 29 heavy (non-hydrogen) atoms. The van der Waals surface area contributed by atoms with E-state index in [9.17, 15) is 19.2 Å². The molecule has 2 rings (SSSR count). The molecule has 0 fully saturated rings. The van der Waals surface area contributed by atoms with E-state index in [2.05, 4.69) is 0 Å². The second kappa shape index (κ2) is 10.9. The number of hydrogen-bond acceptors (Lipinski definition) is 7. The van der Waals surface area contributed by atoms with Gasteiger partial charge in [0.2, 0.25) is 0 Å². The van der Waals surface area contributed by atoms with E-state index in [1.54, 1.807) is 50.2 Å². The SMILES string of the molecule is CC(COC(=O)C(=O)c1ccccc1)OCC(C)OC(=O)C(=O)c1ccccc1. The minimum absolute atomic E-state index is 0.000835. The van der Waals surface area contributed by atoms with Gasteiger partial charge in [0, 0.05) is 11.1 Å². The fraction of sp³-hybridized carbons (Fsp3) is 0.273. The second-order valence-corrected chi connectivity index (χ2v) is 6.35. The van der Waals surface area contributed by atoms with Crippen LogP contribution in [-0.2, 0) is 23.8 Å². The Morgan fingerprint density at radius 2 is 1.17 bits per heavy atom. The molecule has 0 aliphatic carbocycles. The molecule has 0 N–H and O–H groups in total. The number of Topliss-reactive ketones (excluding diaryl/α,β-unsaturated/α-hetero) is 2. The van der Waals surface area contributed by atoms with E-state index in [4.69, 9.17) is 14.2 Å². The Morgan fingerprint density at radius 3 is 1.69 bits per heavy atom. The van der Waals surface area contributed by atoms with Crippen LogP contribution >= 0.6 is 0 Å². The zero-order valence-corrected chi connectivity index (χ0v) is 16.2. The van der Waals surface area contributed by atoms with Gasteiger partial charge in [-0.05, 0) is 13.8 Å². The molecule has 0 radical (unpaired) electrons. The molecule has 7 heteroatoms. The lowest BCUT2D eigenvalue weighted by molar-refractivity contribution is -0.148. The first-order valence-corrected chi connectivity index (χ1v) is 9.07. The Kier molecular flexibility index (Phi) is 8.24. The van der Waals surface area contributed by atoms with Crippen LogP contribution < -0.4 is 0 Å². The highest BCUT2D eigenvalue weighted by Gasteiger charge is 2.22. The van der Waals surface area contributed by atoms with Gasteiger partial charge in [-0.2, -0.15) is 0 Å². The van der Waals surface area contributed by atoms with E-state index in [0.29, 0.717) is 0 Å². The van der Waals surface area contributed by atoms with E-state index in [1.165, 1.54) is 24.3 Å². The number of carbonyl (C=O) groups is 4. The molecule has 0 bridgehead atoms. The number of hydrogen-bond donors (Lipinski definition) is 0.